The lowest BCUT2D eigenvalue weighted by Crippen LogP contribution is -2.32. The summed E-state index contributed by atoms with van der Waals surface area (Å²) in [4.78, 5) is 10.7. The summed E-state index contributed by atoms with van der Waals surface area (Å²) in [6.45, 7) is 5.16. The summed E-state index contributed by atoms with van der Waals surface area (Å²) in [6.07, 6.45) is 1.39. The van der Waals surface area contributed by atoms with Crippen LogP contribution in [0.25, 0.3) is 10.9 Å². The van der Waals surface area contributed by atoms with Gasteiger partial charge in [-0.2, -0.15) is 5.26 Å². The van der Waals surface area contributed by atoms with Crippen molar-refractivity contribution < 1.29 is 10.1 Å². The van der Waals surface area contributed by atoms with E-state index in [4.69, 9.17) is 10.5 Å². The second-order valence-electron chi connectivity index (χ2n) is 4.60. The Morgan fingerprint density at radius 2 is 2.25 bits per heavy atom. The number of fused-ring (bicyclic) bond motifs is 1. The van der Waals surface area contributed by atoms with Crippen molar-refractivity contribution in [1.82, 2.24) is 4.98 Å². The van der Waals surface area contributed by atoms with Gasteiger partial charge in [0.15, 0.2) is 0 Å². The Labute approximate surface area is 118 Å². The number of aromatic nitrogens is 1. The van der Waals surface area contributed by atoms with Crippen LogP contribution >= 0.6 is 0 Å². The molecule has 20 heavy (non-hydrogen) atoms. The van der Waals surface area contributed by atoms with Crippen LogP contribution in [0.5, 0.6) is 0 Å². The molecule has 104 valence electrons. The van der Waals surface area contributed by atoms with E-state index in [-0.39, 0.29) is 6.10 Å². The van der Waals surface area contributed by atoms with Gasteiger partial charge >= 0.3 is 0 Å². The molecule has 1 atom stereocenters. The van der Waals surface area contributed by atoms with E-state index in [2.05, 4.69) is 20.8 Å². The zero-order valence-corrected chi connectivity index (χ0v) is 11.6. The number of benzene rings is 1. The molecule has 0 fully saturated rings. The van der Waals surface area contributed by atoms with Crippen LogP contribution in [0.3, 0.4) is 0 Å². The smallest absolute Gasteiger partial charge is 0.107 e. The number of likely N-dealkylation sites (N-methyl/N-ethyl adjacent to an activating group) is 1. The molecule has 0 spiro atoms. The zero-order valence-electron chi connectivity index (χ0n) is 11.6. The van der Waals surface area contributed by atoms with Crippen LogP contribution in [0.1, 0.15) is 19.4 Å². The van der Waals surface area contributed by atoms with E-state index in [1.165, 1.54) is 0 Å². The third kappa shape index (κ3) is 2.72. The van der Waals surface area contributed by atoms with E-state index in [9.17, 15) is 0 Å². The molecule has 5 heteroatoms. The molecule has 0 radical (unpaired) electrons. The lowest BCUT2D eigenvalue weighted by Gasteiger charge is -2.26. The molecule has 0 aliphatic heterocycles. The topological polar surface area (TPSA) is 69.4 Å². The lowest BCUT2D eigenvalue weighted by atomic mass is 10.1. The minimum Gasteiger partial charge on any atom is -0.369 e. The van der Waals surface area contributed by atoms with Crippen molar-refractivity contribution in [2.45, 2.75) is 20.0 Å². The number of hydrogen-bond acceptors (Lipinski definition) is 5. The third-order valence-electron chi connectivity index (χ3n) is 3.25. The van der Waals surface area contributed by atoms with Crippen LogP contribution < -0.4 is 4.90 Å². The Morgan fingerprint density at radius 3 is 2.90 bits per heavy atom. The lowest BCUT2D eigenvalue weighted by molar-refractivity contribution is -0.271. The summed E-state index contributed by atoms with van der Waals surface area (Å²) in [5.41, 5.74) is 2.24. The number of hydrogen-bond donors (Lipinski definition) is 1. The van der Waals surface area contributed by atoms with Gasteiger partial charge in [0.05, 0.1) is 11.1 Å². The van der Waals surface area contributed by atoms with Crippen molar-refractivity contribution in [1.29, 1.82) is 5.26 Å². The second-order valence-corrected chi connectivity index (χ2v) is 4.60. The van der Waals surface area contributed by atoms with Crippen molar-refractivity contribution in [3.63, 3.8) is 0 Å². The molecular weight excluding hydrogens is 254 g/mol. The Kier molecular flexibility index (Phi) is 4.51. The van der Waals surface area contributed by atoms with Crippen LogP contribution in [0, 0.1) is 11.3 Å². The van der Waals surface area contributed by atoms with Crippen LogP contribution in [0.15, 0.2) is 30.5 Å². The molecular formula is C15H17N3O2. The van der Waals surface area contributed by atoms with Gasteiger partial charge in [0.25, 0.3) is 0 Å². The highest BCUT2D eigenvalue weighted by molar-refractivity contribution is 5.95. The van der Waals surface area contributed by atoms with E-state index in [1.54, 1.807) is 19.2 Å². The summed E-state index contributed by atoms with van der Waals surface area (Å²) >= 11 is 0. The molecule has 2 aromatic rings. The quantitative estimate of drug-likeness (QED) is 0.669. The molecule has 2 rings (SSSR count). The molecule has 0 aliphatic carbocycles. The van der Waals surface area contributed by atoms with Crippen LogP contribution in [-0.4, -0.2) is 29.4 Å². The molecule has 0 bridgehead atoms. The van der Waals surface area contributed by atoms with Crippen LogP contribution in [0.4, 0.5) is 5.69 Å². The molecule has 0 amide bonds. The number of nitriles is 1. The molecule has 1 aromatic carbocycles. The highest BCUT2D eigenvalue weighted by Crippen LogP contribution is 2.28. The summed E-state index contributed by atoms with van der Waals surface area (Å²) < 4.78 is 0. The molecule has 1 N–H and O–H groups in total. The predicted octanol–water partition coefficient (Wildman–Crippen LogP) is 2.81. The molecule has 0 saturated carbocycles. The number of pyridine rings is 1. The van der Waals surface area contributed by atoms with E-state index in [1.807, 2.05) is 25.1 Å². The van der Waals surface area contributed by atoms with Crippen molar-refractivity contribution >= 4 is 16.6 Å². The van der Waals surface area contributed by atoms with Crippen molar-refractivity contribution in [2.75, 3.05) is 18.0 Å². The van der Waals surface area contributed by atoms with E-state index in [0.717, 1.165) is 17.6 Å². The largest absolute Gasteiger partial charge is 0.369 e. The fourth-order valence-corrected chi connectivity index (χ4v) is 2.27. The van der Waals surface area contributed by atoms with Gasteiger partial charge in [0, 0.05) is 30.4 Å². The maximum absolute atomic E-state index is 9.15. The monoisotopic (exact) mass is 271 g/mol. The zero-order chi connectivity index (χ0) is 14.5. The molecule has 0 aliphatic rings. The average molecular weight is 271 g/mol. The average Bonchev–Trinajstić information content (AvgIpc) is 2.51. The molecule has 1 heterocycles. The Hall–Kier alpha value is -2.16. The first-order chi connectivity index (χ1) is 9.71. The summed E-state index contributed by atoms with van der Waals surface area (Å²) in [5.74, 6) is 0. The van der Waals surface area contributed by atoms with Crippen molar-refractivity contribution in [3.8, 4) is 6.07 Å². The Morgan fingerprint density at radius 1 is 1.45 bits per heavy atom. The van der Waals surface area contributed by atoms with E-state index in [0.29, 0.717) is 17.6 Å². The normalized spacial score (nSPS) is 12.1. The molecule has 1 unspecified atom stereocenters. The maximum atomic E-state index is 9.15. The summed E-state index contributed by atoms with van der Waals surface area (Å²) in [5, 5.41) is 18.8. The van der Waals surface area contributed by atoms with Gasteiger partial charge < -0.3 is 4.90 Å². The van der Waals surface area contributed by atoms with Gasteiger partial charge in [-0.1, -0.05) is 0 Å². The number of nitrogens with zero attached hydrogens (tertiary/aromatic N) is 3. The maximum Gasteiger partial charge on any atom is 0.107 e. The highest BCUT2D eigenvalue weighted by Gasteiger charge is 2.14. The summed E-state index contributed by atoms with van der Waals surface area (Å²) in [6, 6.07) is 9.65. The summed E-state index contributed by atoms with van der Waals surface area (Å²) in [7, 11) is 0. The van der Waals surface area contributed by atoms with Gasteiger partial charge in [-0.3, -0.25) is 10.2 Å². The number of anilines is 1. The fourth-order valence-electron chi connectivity index (χ4n) is 2.27. The van der Waals surface area contributed by atoms with Crippen LogP contribution in [0.2, 0.25) is 0 Å². The Balaban J connectivity index is 2.51. The van der Waals surface area contributed by atoms with Gasteiger partial charge in [-0.25, -0.2) is 4.89 Å². The van der Waals surface area contributed by atoms with Gasteiger partial charge in [0.2, 0.25) is 0 Å². The second kappa shape index (κ2) is 6.33. The first-order valence-corrected chi connectivity index (χ1v) is 6.54. The van der Waals surface area contributed by atoms with Gasteiger partial charge in [-0.15, -0.1) is 0 Å². The fraction of sp³-hybridized carbons (Fsp3) is 0.333. The van der Waals surface area contributed by atoms with Gasteiger partial charge in [0.1, 0.15) is 12.2 Å². The van der Waals surface area contributed by atoms with Crippen LogP contribution in [-0.2, 0) is 4.89 Å². The Bertz CT molecular complexity index is 637. The van der Waals surface area contributed by atoms with Gasteiger partial charge in [-0.05, 0) is 38.1 Å². The minimum atomic E-state index is -0.294. The first-order valence-electron chi connectivity index (χ1n) is 6.54. The number of rotatable bonds is 5. The van der Waals surface area contributed by atoms with E-state index >= 15 is 0 Å². The third-order valence-corrected chi connectivity index (χ3v) is 3.25. The molecule has 1 aromatic heterocycles. The van der Waals surface area contributed by atoms with Crippen molar-refractivity contribution in [2.24, 2.45) is 0 Å². The SMILES string of the molecule is CCN(CC(C)OO)c1ccc(C#N)c2ncccc12. The standard InChI is InChI=1S/C15H17N3O2/c1-3-18(10-11(2)20-19)14-7-6-12(9-16)15-13(14)5-4-8-17-15/h4-8,11,19H,3,10H2,1-2H3. The predicted molar refractivity (Wildman–Crippen MR) is 77.5 cm³/mol. The van der Waals surface area contributed by atoms with Crippen molar-refractivity contribution in [3.05, 3.63) is 36.0 Å². The minimum absolute atomic E-state index is 0.294. The highest BCUT2D eigenvalue weighted by atomic mass is 17.1. The first kappa shape index (κ1) is 14.3. The molecule has 5 nitrogen and oxygen atoms in total. The van der Waals surface area contributed by atoms with E-state index < -0.39 is 0 Å². The molecule has 0 saturated heterocycles.